The smallest absolute Gasteiger partial charge is 0.348 e. The molecule has 1 aliphatic heterocycles. The second-order valence-corrected chi connectivity index (χ2v) is 8.05. The van der Waals surface area contributed by atoms with Crippen LogP contribution in [-0.2, 0) is 25.7 Å². The molecular formula is C21H17Cl3O6. The molecular weight excluding hydrogens is 455 g/mol. The monoisotopic (exact) mass is 470 g/mol. The molecule has 2 aromatic carbocycles. The summed E-state index contributed by atoms with van der Waals surface area (Å²) >= 11 is 18.2. The van der Waals surface area contributed by atoms with Gasteiger partial charge in [-0.05, 0) is 35.9 Å². The predicted octanol–water partition coefficient (Wildman–Crippen LogP) is 5.45. The van der Waals surface area contributed by atoms with Gasteiger partial charge in [-0.3, -0.25) is 0 Å². The van der Waals surface area contributed by atoms with Gasteiger partial charge < -0.3 is 18.9 Å². The molecule has 2 aromatic rings. The number of cyclic esters (lactones) is 2. The fraction of sp³-hybridized carbons (Fsp3) is 0.238. The quantitative estimate of drug-likeness (QED) is 0.328. The molecule has 0 aromatic heterocycles. The molecule has 0 radical (unpaired) electrons. The van der Waals surface area contributed by atoms with Crippen LogP contribution in [0.3, 0.4) is 0 Å². The molecule has 3 rings (SSSR count). The first-order chi connectivity index (χ1) is 14.1. The van der Waals surface area contributed by atoms with E-state index in [1.807, 2.05) is 0 Å². The lowest BCUT2D eigenvalue weighted by Gasteiger charge is -2.29. The van der Waals surface area contributed by atoms with Gasteiger partial charge in [-0.2, -0.15) is 0 Å². The Kier molecular flexibility index (Phi) is 6.50. The second-order valence-electron chi connectivity index (χ2n) is 6.80. The van der Waals surface area contributed by atoms with Crippen LogP contribution in [0.5, 0.6) is 11.5 Å². The molecule has 30 heavy (non-hydrogen) atoms. The molecule has 0 unspecified atom stereocenters. The highest BCUT2D eigenvalue weighted by Crippen LogP contribution is 2.37. The summed E-state index contributed by atoms with van der Waals surface area (Å²) in [6, 6.07) is 8.09. The molecule has 1 aliphatic rings. The topological polar surface area (TPSA) is 71.1 Å². The van der Waals surface area contributed by atoms with E-state index < -0.39 is 17.7 Å². The van der Waals surface area contributed by atoms with Crippen LogP contribution in [-0.4, -0.2) is 24.8 Å². The van der Waals surface area contributed by atoms with Crippen LogP contribution < -0.4 is 9.47 Å². The van der Waals surface area contributed by atoms with E-state index in [-0.39, 0.29) is 28.0 Å². The molecule has 0 N–H and O–H groups in total. The van der Waals surface area contributed by atoms with E-state index in [1.165, 1.54) is 39.2 Å². The minimum Gasteiger partial charge on any atom is -0.496 e. The van der Waals surface area contributed by atoms with Gasteiger partial charge in [0.1, 0.15) is 17.9 Å². The number of hydrogen-bond acceptors (Lipinski definition) is 6. The van der Waals surface area contributed by atoms with Crippen LogP contribution in [0.2, 0.25) is 15.1 Å². The van der Waals surface area contributed by atoms with E-state index >= 15 is 0 Å². The Morgan fingerprint density at radius 3 is 2.17 bits per heavy atom. The maximum atomic E-state index is 12.2. The highest BCUT2D eigenvalue weighted by Gasteiger charge is 2.38. The molecule has 0 saturated carbocycles. The van der Waals surface area contributed by atoms with Crippen LogP contribution in [0.15, 0.2) is 35.9 Å². The standard InChI is InChI=1S/C21H17Cl3O6/c1-21(2)29-19(25)14(20(26)30-21)7-11-4-5-17(27-3)12(6-11)10-28-18-15(23)8-13(22)9-16(18)24/h4-9H,10H2,1-3H3. The van der Waals surface area contributed by atoms with Crippen LogP contribution >= 0.6 is 34.8 Å². The second kappa shape index (κ2) is 8.76. The van der Waals surface area contributed by atoms with Crippen LogP contribution in [0.4, 0.5) is 0 Å². The van der Waals surface area contributed by atoms with Crippen molar-refractivity contribution in [3.8, 4) is 11.5 Å². The number of ether oxygens (including phenoxy) is 4. The fourth-order valence-corrected chi connectivity index (χ4v) is 3.69. The molecule has 9 heteroatoms. The number of methoxy groups -OCH3 is 1. The molecule has 0 spiro atoms. The van der Waals surface area contributed by atoms with Gasteiger partial charge in [-0.1, -0.05) is 40.9 Å². The molecule has 0 amide bonds. The van der Waals surface area contributed by atoms with E-state index in [4.69, 9.17) is 53.8 Å². The molecule has 0 aliphatic carbocycles. The van der Waals surface area contributed by atoms with Crippen molar-refractivity contribution >= 4 is 52.8 Å². The third kappa shape index (κ3) is 5.01. The molecule has 1 fully saturated rings. The SMILES string of the molecule is COc1ccc(C=C2C(=O)OC(C)(C)OC2=O)cc1COc1c(Cl)cc(Cl)cc1Cl. The summed E-state index contributed by atoms with van der Waals surface area (Å²) in [5.74, 6) is -2.01. The number of esters is 2. The van der Waals surface area contributed by atoms with Crippen LogP contribution in [0, 0.1) is 0 Å². The van der Waals surface area contributed by atoms with Gasteiger partial charge in [0.25, 0.3) is 5.79 Å². The molecule has 0 atom stereocenters. The van der Waals surface area contributed by atoms with Crippen molar-refractivity contribution in [3.63, 3.8) is 0 Å². The average Bonchev–Trinajstić information content (AvgIpc) is 2.63. The van der Waals surface area contributed by atoms with E-state index in [1.54, 1.807) is 18.2 Å². The van der Waals surface area contributed by atoms with E-state index in [0.717, 1.165) is 0 Å². The molecule has 6 nitrogen and oxygen atoms in total. The number of halogens is 3. The van der Waals surface area contributed by atoms with Gasteiger partial charge in [-0.25, -0.2) is 9.59 Å². The fourth-order valence-electron chi connectivity index (χ4n) is 2.76. The summed E-state index contributed by atoms with van der Waals surface area (Å²) in [5.41, 5.74) is 0.966. The maximum Gasteiger partial charge on any atom is 0.348 e. The normalized spacial score (nSPS) is 15.3. The number of hydrogen-bond donors (Lipinski definition) is 0. The number of rotatable bonds is 5. The van der Waals surface area contributed by atoms with Crippen LogP contribution in [0.1, 0.15) is 25.0 Å². The Morgan fingerprint density at radius 1 is 1.00 bits per heavy atom. The lowest BCUT2D eigenvalue weighted by Crippen LogP contribution is -2.41. The Morgan fingerprint density at radius 2 is 1.60 bits per heavy atom. The van der Waals surface area contributed by atoms with Crippen molar-refractivity contribution in [1.82, 2.24) is 0 Å². The zero-order valence-electron chi connectivity index (χ0n) is 16.3. The summed E-state index contributed by atoms with van der Waals surface area (Å²) in [7, 11) is 1.51. The van der Waals surface area contributed by atoms with E-state index in [9.17, 15) is 9.59 Å². The summed E-state index contributed by atoms with van der Waals surface area (Å²) in [6.45, 7) is 3.02. The molecule has 1 saturated heterocycles. The zero-order chi connectivity index (χ0) is 22.1. The lowest BCUT2D eigenvalue weighted by molar-refractivity contribution is -0.222. The van der Waals surface area contributed by atoms with E-state index in [0.29, 0.717) is 21.9 Å². The molecule has 0 bridgehead atoms. The summed E-state index contributed by atoms with van der Waals surface area (Å²) < 4.78 is 21.3. The number of benzene rings is 2. The first-order valence-electron chi connectivity index (χ1n) is 8.72. The van der Waals surface area contributed by atoms with Crippen LogP contribution in [0.25, 0.3) is 6.08 Å². The van der Waals surface area contributed by atoms with Gasteiger partial charge in [0.05, 0.1) is 17.2 Å². The van der Waals surface area contributed by atoms with Crippen molar-refractivity contribution in [1.29, 1.82) is 0 Å². The van der Waals surface area contributed by atoms with Gasteiger partial charge in [0.2, 0.25) is 0 Å². The lowest BCUT2D eigenvalue weighted by atomic mass is 10.1. The van der Waals surface area contributed by atoms with Gasteiger partial charge in [0.15, 0.2) is 5.75 Å². The third-order valence-corrected chi connectivity index (χ3v) is 4.85. The first kappa shape index (κ1) is 22.3. The summed E-state index contributed by atoms with van der Waals surface area (Å²) in [6.07, 6.45) is 1.38. The van der Waals surface area contributed by atoms with Crippen molar-refractivity contribution in [3.05, 3.63) is 62.1 Å². The minimum atomic E-state index is -1.30. The highest BCUT2D eigenvalue weighted by atomic mass is 35.5. The van der Waals surface area contributed by atoms with Gasteiger partial charge >= 0.3 is 11.9 Å². The molecule has 1 heterocycles. The minimum absolute atomic E-state index is 0.0587. The molecule has 158 valence electrons. The Labute approximate surface area is 188 Å². The summed E-state index contributed by atoms with van der Waals surface area (Å²) in [5, 5.41) is 0.915. The van der Waals surface area contributed by atoms with E-state index in [2.05, 4.69) is 0 Å². The van der Waals surface area contributed by atoms with Crippen molar-refractivity contribution < 1.29 is 28.5 Å². The van der Waals surface area contributed by atoms with Gasteiger partial charge in [-0.15, -0.1) is 0 Å². The van der Waals surface area contributed by atoms with Gasteiger partial charge in [0, 0.05) is 24.4 Å². The first-order valence-corrected chi connectivity index (χ1v) is 9.85. The largest absolute Gasteiger partial charge is 0.496 e. The highest BCUT2D eigenvalue weighted by molar-refractivity contribution is 6.40. The average molecular weight is 472 g/mol. The van der Waals surface area contributed by atoms with Crippen molar-refractivity contribution in [2.45, 2.75) is 26.2 Å². The zero-order valence-corrected chi connectivity index (χ0v) is 18.5. The third-order valence-electron chi connectivity index (χ3n) is 4.07. The number of carbonyl (C=O) groups is 2. The number of carbonyl (C=O) groups excluding carboxylic acids is 2. The van der Waals surface area contributed by atoms with Crippen molar-refractivity contribution in [2.75, 3.05) is 7.11 Å². The Hall–Kier alpha value is -2.41. The van der Waals surface area contributed by atoms with Crippen molar-refractivity contribution in [2.24, 2.45) is 0 Å². The maximum absolute atomic E-state index is 12.2. The summed E-state index contributed by atoms with van der Waals surface area (Å²) in [4.78, 5) is 24.3. The Balaban J connectivity index is 1.88. The predicted molar refractivity (Wildman–Crippen MR) is 113 cm³/mol. The Bertz CT molecular complexity index is 1000.